The lowest BCUT2D eigenvalue weighted by molar-refractivity contribution is 0.722. The largest absolute Gasteiger partial charge is 0.228 e. The molecule has 0 N–H and O–H groups in total. The molecule has 290 valence electrons. The highest BCUT2D eigenvalue weighted by Gasteiger charge is 2.50. The van der Waals surface area contributed by atoms with Gasteiger partial charge in [0.25, 0.3) is 0 Å². The zero-order valence-corrected chi connectivity index (χ0v) is 34.6. The van der Waals surface area contributed by atoms with Crippen molar-refractivity contribution in [1.82, 2.24) is 9.97 Å². The van der Waals surface area contributed by atoms with Crippen LogP contribution in [0.3, 0.4) is 0 Å². The molecule has 0 saturated carbocycles. The van der Waals surface area contributed by atoms with Gasteiger partial charge in [0.05, 0.1) is 16.8 Å². The molecule has 0 fully saturated rings. The summed E-state index contributed by atoms with van der Waals surface area (Å²) in [7, 11) is 0. The van der Waals surface area contributed by atoms with Gasteiger partial charge in [-0.2, -0.15) is 0 Å². The summed E-state index contributed by atoms with van der Waals surface area (Å²) in [6, 6.07) is 83.3. The van der Waals surface area contributed by atoms with Crippen molar-refractivity contribution in [2.24, 2.45) is 0 Å². The fourth-order valence-electron chi connectivity index (χ4n) is 9.73. The average Bonchev–Trinajstić information content (AvgIpc) is 3.65. The van der Waals surface area contributed by atoms with Gasteiger partial charge in [-0.1, -0.05) is 206 Å². The maximum Gasteiger partial charge on any atom is 0.160 e. The summed E-state index contributed by atoms with van der Waals surface area (Å²) in [4.78, 5) is 13.2. The van der Waals surface area contributed by atoms with Gasteiger partial charge in [0.1, 0.15) is 0 Å². The van der Waals surface area contributed by atoms with E-state index in [9.17, 15) is 0 Å². The van der Waals surface area contributed by atoms with E-state index in [1.807, 2.05) is 11.8 Å². The molecule has 9 aromatic carbocycles. The van der Waals surface area contributed by atoms with Crippen LogP contribution in [0, 0.1) is 0 Å². The molecule has 0 bridgehead atoms. The molecule has 1 aliphatic heterocycles. The van der Waals surface area contributed by atoms with Crippen LogP contribution in [-0.4, -0.2) is 9.97 Å². The monoisotopic (exact) mass is 806 g/mol. The van der Waals surface area contributed by atoms with E-state index >= 15 is 0 Å². The highest BCUT2D eigenvalue weighted by atomic mass is 32.2. The van der Waals surface area contributed by atoms with Crippen LogP contribution in [0.4, 0.5) is 0 Å². The van der Waals surface area contributed by atoms with E-state index in [1.165, 1.54) is 54.3 Å². The molecule has 2 aliphatic rings. The van der Waals surface area contributed by atoms with Crippen LogP contribution >= 0.6 is 11.8 Å². The second-order valence-electron chi connectivity index (χ2n) is 16.1. The fraction of sp³-hybridized carbons (Fsp3) is 0.0169. The van der Waals surface area contributed by atoms with E-state index in [4.69, 9.17) is 9.97 Å². The van der Waals surface area contributed by atoms with Gasteiger partial charge in [-0.05, 0) is 103 Å². The summed E-state index contributed by atoms with van der Waals surface area (Å²) in [5.74, 6) is 0.689. The van der Waals surface area contributed by atoms with Crippen molar-refractivity contribution >= 4 is 11.8 Å². The van der Waals surface area contributed by atoms with E-state index in [0.29, 0.717) is 5.82 Å². The second kappa shape index (κ2) is 14.8. The molecule has 2 heterocycles. The Hall–Kier alpha value is -7.59. The third-order valence-corrected chi connectivity index (χ3v) is 13.7. The Kier molecular flexibility index (Phi) is 8.69. The number of nitrogens with zero attached hydrogens (tertiary/aromatic N) is 2. The number of fused-ring (bicyclic) bond motifs is 9. The lowest BCUT2D eigenvalue weighted by atomic mass is 9.67. The van der Waals surface area contributed by atoms with Crippen LogP contribution in [0.15, 0.2) is 240 Å². The first kappa shape index (κ1) is 36.3. The predicted molar refractivity (Wildman–Crippen MR) is 256 cm³/mol. The molecule has 2 nitrogen and oxygen atoms in total. The zero-order valence-electron chi connectivity index (χ0n) is 33.7. The summed E-state index contributed by atoms with van der Waals surface area (Å²) in [5, 5.41) is 0. The quantitative estimate of drug-likeness (QED) is 0.167. The molecule has 0 amide bonds. The van der Waals surface area contributed by atoms with Crippen LogP contribution in [0.25, 0.3) is 78.4 Å². The first-order valence-corrected chi connectivity index (χ1v) is 22.0. The smallest absolute Gasteiger partial charge is 0.160 e. The first-order chi connectivity index (χ1) is 30.7. The Morgan fingerprint density at radius 2 is 0.694 bits per heavy atom. The molecule has 0 unspecified atom stereocenters. The molecule has 10 aromatic rings. The topological polar surface area (TPSA) is 25.8 Å². The SMILES string of the molecule is c1ccc(-c2cccc(-c3cc(-c4cccc(-c5ccccc5)c4)nc(-c4cccc(-c5ccc6c(c5)Sc5ccccc5C65c6ccccc6-c6ccccc65)c4)n3)c2)cc1. The molecular formula is C59H38N2S. The predicted octanol–water partition coefficient (Wildman–Crippen LogP) is 15.3. The number of benzene rings is 9. The Bertz CT molecular complexity index is 3190. The molecule has 1 spiro atoms. The third kappa shape index (κ3) is 5.96. The number of hydrogen-bond acceptors (Lipinski definition) is 3. The van der Waals surface area contributed by atoms with Crippen molar-refractivity contribution in [3.05, 3.63) is 253 Å². The molecule has 62 heavy (non-hydrogen) atoms. The maximum atomic E-state index is 5.32. The van der Waals surface area contributed by atoms with Crippen molar-refractivity contribution < 1.29 is 0 Å². The highest BCUT2D eigenvalue weighted by molar-refractivity contribution is 7.99. The molecule has 0 saturated heterocycles. The van der Waals surface area contributed by atoms with Gasteiger partial charge >= 0.3 is 0 Å². The maximum absolute atomic E-state index is 5.32. The summed E-state index contributed by atoms with van der Waals surface area (Å²) in [5.41, 5.74) is 19.3. The van der Waals surface area contributed by atoms with Gasteiger partial charge in [0.2, 0.25) is 0 Å². The van der Waals surface area contributed by atoms with E-state index in [-0.39, 0.29) is 0 Å². The molecule has 0 radical (unpaired) electrons. The van der Waals surface area contributed by atoms with E-state index in [1.54, 1.807) is 0 Å². The van der Waals surface area contributed by atoms with Crippen LogP contribution in [-0.2, 0) is 5.41 Å². The van der Waals surface area contributed by atoms with Gasteiger partial charge in [-0.25, -0.2) is 9.97 Å². The number of aromatic nitrogens is 2. The molecular weight excluding hydrogens is 769 g/mol. The molecule has 3 heteroatoms. The van der Waals surface area contributed by atoms with Crippen molar-refractivity contribution in [3.8, 4) is 78.4 Å². The Balaban J connectivity index is 0.990. The molecule has 1 aromatic heterocycles. The zero-order chi connectivity index (χ0) is 41.0. The average molecular weight is 807 g/mol. The highest BCUT2D eigenvalue weighted by Crippen LogP contribution is 2.62. The summed E-state index contributed by atoms with van der Waals surface area (Å²) >= 11 is 1.88. The van der Waals surface area contributed by atoms with Gasteiger partial charge in [0, 0.05) is 26.5 Å². The van der Waals surface area contributed by atoms with Gasteiger partial charge in [-0.3, -0.25) is 0 Å². The minimum absolute atomic E-state index is 0.398. The van der Waals surface area contributed by atoms with E-state index in [2.05, 4.69) is 231 Å². The molecule has 12 rings (SSSR count). The van der Waals surface area contributed by atoms with Gasteiger partial charge in [-0.15, -0.1) is 0 Å². The Morgan fingerprint density at radius 3 is 1.29 bits per heavy atom. The summed E-state index contributed by atoms with van der Waals surface area (Å²) in [6.45, 7) is 0. The van der Waals surface area contributed by atoms with Gasteiger partial charge in [0.15, 0.2) is 5.82 Å². The molecule has 0 atom stereocenters. The lowest BCUT2D eigenvalue weighted by Crippen LogP contribution is -2.31. The van der Waals surface area contributed by atoms with Crippen LogP contribution in [0.2, 0.25) is 0 Å². The van der Waals surface area contributed by atoms with Crippen LogP contribution in [0.5, 0.6) is 0 Å². The normalized spacial score (nSPS) is 12.9. The molecule has 1 aliphatic carbocycles. The minimum Gasteiger partial charge on any atom is -0.228 e. The third-order valence-electron chi connectivity index (χ3n) is 12.6. The van der Waals surface area contributed by atoms with E-state index in [0.717, 1.165) is 50.3 Å². The summed E-state index contributed by atoms with van der Waals surface area (Å²) in [6.07, 6.45) is 0. The Morgan fingerprint density at radius 1 is 0.274 bits per heavy atom. The van der Waals surface area contributed by atoms with Crippen LogP contribution in [0.1, 0.15) is 22.3 Å². The van der Waals surface area contributed by atoms with E-state index < -0.39 is 5.41 Å². The van der Waals surface area contributed by atoms with Crippen molar-refractivity contribution in [3.63, 3.8) is 0 Å². The van der Waals surface area contributed by atoms with Crippen molar-refractivity contribution in [2.75, 3.05) is 0 Å². The first-order valence-electron chi connectivity index (χ1n) is 21.1. The van der Waals surface area contributed by atoms with Crippen molar-refractivity contribution in [2.45, 2.75) is 15.2 Å². The second-order valence-corrected chi connectivity index (χ2v) is 17.2. The van der Waals surface area contributed by atoms with Crippen molar-refractivity contribution in [1.29, 1.82) is 0 Å². The van der Waals surface area contributed by atoms with Gasteiger partial charge < -0.3 is 0 Å². The van der Waals surface area contributed by atoms with Crippen LogP contribution < -0.4 is 0 Å². The lowest BCUT2D eigenvalue weighted by Gasteiger charge is -2.39. The summed E-state index contributed by atoms with van der Waals surface area (Å²) < 4.78 is 0. The fourth-order valence-corrected chi connectivity index (χ4v) is 11.0. The standard InChI is InChI=1S/C59H38N2S/c1-3-16-39(17-4-1)41-20-13-23-45(34-41)54-38-55(46-24-14-21-42(35-46)40-18-5-2-6-19-40)61-58(60-54)47-25-15-22-43(36-47)44-32-33-53-57(37-44)62-56-31-12-11-30-52(56)59(53)50-28-9-7-26-48(50)49-27-8-10-29-51(49)59/h1-38H. The number of hydrogen-bond donors (Lipinski definition) is 0. The number of rotatable bonds is 6. The minimum atomic E-state index is -0.398. The Labute approximate surface area is 366 Å².